The van der Waals surface area contributed by atoms with Crippen LogP contribution in [0.2, 0.25) is 0 Å². The van der Waals surface area contributed by atoms with E-state index in [0.717, 1.165) is 31.7 Å². The Morgan fingerprint density at radius 2 is 2.14 bits per heavy atom. The first-order valence-electron chi connectivity index (χ1n) is 7.04. The molecule has 0 aliphatic carbocycles. The number of nitrogens with one attached hydrogen (secondary N) is 1. The Labute approximate surface area is 137 Å². The fourth-order valence-corrected chi connectivity index (χ4v) is 1.83. The molecule has 1 rings (SSSR count). The van der Waals surface area contributed by atoms with Gasteiger partial charge in [0.2, 0.25) is 0 Å². The van der Waals surface area contributed by atoms with E-state index in [1.54, 1.807) is 13.2 Å². The summed E-state index contributed by atoms with van der Waals surface area (Å²) in [5.41, 5.74) is 6.04. The van der Waals surface area contributed by atoms with Gasteiger partial charge in [-0.05, 0) is 26.0 Å². The lowest BCUT2D eigenvalue weighted by Gasteiger charge is -2.14. The third-order valence-corrected chi connectivity index (χ3v) is 2.80. The topological polar surface area (TPSA) is 82.8 Å². The number of rotatable bonds is 11. The standard InChI is InChI=1S/C15H24N2O4.ClH/c1-3-20-9-5-8-17-10-12-6-4-7-13(19-2)15(12)21-11-14(16)18;/h4,6-7,17H,3,5,8-11H2,1-2H3,(H2,16,18);1H. The average molecular weight is 333 g/mol. The van der Waals surface area contributed by atoms with Gasteiger partial charge in [0.05, 0.1) is 7.11 Å². The quantitative estimate of drug-likeness (QED) is 0.600. The fraction of sp³-hybridized carbons (Fsp3) is 0.533. The average Bonchev–Trinajstić information content (AvgIpc) is 2.48. The maximum atomic E-state index is 10.9. The van der Waals surface area contributed by atoms with Crippen molar-refractivity contribution in [1.82, 2.24) is 5.32 Å². The number of methoxy groups -OCH3 is 1. The molecule has 0 atom stereocenters. The zero-order chi connectivity index (χ0) is 15.5. The van der Waals surface area contributed by atoms with Gasteiger partial charge in [0.15, 0.2) is 18.1 Å². The molecule has 0 heterocycles. The van der Waals surface area contributed by atoms with E-state index < -0.39 is 5.91 Å². The van der Waals surface area contributed by atoms with Crippen molar-refractivity contribution < 1.29 is 19.0 Å². The number of nitrogens with two attached hydrogens (primary N) is 1. The molecule has 6 nitrogen and oxygen atoms in total. The number of carbonyl (C=O) groups excluding carboxylic acids is 1. The summed E-state index contributed by atoms with van der Waals surface area (Å²) < 4.78 is 16.0. The summed E-state index contributed by atoms with van der Waals surface area (Å²) in [5.74, 6) is 0.623. The minimum Gasteiger partial charge on any atom is -0.493 e. The normalized spacial score (nSPS) is 9.91. The summed E-state index contributed by atoms with van der Waals surface area (Å²) in [6.45, 7) is 4.75. The van der Waals surface area contributed by atoms with Crippen molar-refractivity contribution in [2.45, 2.75) is 19.9 Å². The molecule has 0 radical (unpaired) electrons. The van der Waals surface area contributed by atoms with Crippen LogP contribution in [-0.2, 0) is 16.1 Å². The first-order chi connectivity index (χ1) is 10.2. The monoisotopic (exact) mass is 332 g/mol. The molecule has 0 aliphatic heterocycles. The first-order valence-corrected chi connectivity index (χ1v) is 7.04. The second-order valence-corrected chi connectivity index (χ2v) is 4.43. The van der Waals surface area contributed by atoms with E-state index >= 15 is 0 Å². The van der Waals surface area contributed by atoms with Gasteiger partial charge in [0, 0.05) is 25.3 Å². The molecule has 22 heavy (non-hydrogen) atoms. The van der Waals surface area contributed by atoms with Crippen molar-refractivity contribution in [1.29, 1.82) is 0 Å². The lowest BCUT2D eigenvalue weighted by molar-refractivity contribution is -0.119. The molecule has 0 saturated heterocycles. The minimum absolute atomic E-state index is 0. The molecule has 0 aliphatic rings. The molecule has 0 bridgehead atoms. The molecular weight excluding hydrogens is 308 g/mol. The van der Waals surface area contributed by atoms with Crippen LogP contribution in [0, 0.1) is 0 Å². The number of ether oxygens (including phenoxy) is 3. The Bertz CT molecular complexity index is 444. The lowest BCUT2D eigenvalue weighted by atomic mass is 10.2. The fourth-order valence-electron chi connectivity index (χ4n) is 1.83. The largest absolute Gasteiger partial charge is 0.493 e. The van der Waals surface area contributed by atoms with E-state index in [-0.39, 0.29) is 19.0 Å². The highest BCUT2D eigenvalue weighted by Crippen LogP contribution is 2.30. The van der Waals surface area contributed by atoms with Gasteiger partial charge in [-0.25, -0.2) is 0 Å². The summed E-state index contributed by atoms with van der Waals surface area (Å²) in [6.07, 6.45) is 0.940. The highest BCUT2D eigenvalue weighted by molar-refractivity contribution is 5.85. The van der Waals surface area contributed by atoms with Crippen molar-refractivity contribution in [3.8, 4) is 11.5 Å². The number of amides is 1. The van der Waals surface area contributed by atoms with E-state index in [4.69, 9.17) is 19.9 Å². The molecule has 1 aromatic rings. The molecule has 0 spiro atoms. The summed E-state index contributed by atoms with van der Waals surface area (Å²) in [7, 11) is 1.56. The molecule has 1 aromatic carbocycles. The molecule has 126 valence electrons. The van der Waals surface area contributed by atoms with Crippen LogP contribution in [0.25, 0.3) is 0 Å². The molecule has 0 fully saturated rings. The second-order valence-electron chi connectivity index (χ2n) is 4.43. The maximum absolute atomic E-state index is 10.9. The van der Waals surface area contributed by atoms with Crippen LogP contribution in [0.15, 0.2) is 18.2 Å². The summed E-state index contributed by atoms with van der Waals surface area (Å²) in [6, 6.07) is 5.59. The van der Waals surface area contributed by atoms with E-state index in [2.05, 4.69) is 5.32 Å². The minimum atomic E-state index is -0.517. The first kappa shape index (κ1) is 20.5. The van der Waals surface area contributed by atoms with Gasteiger partial charge in [-0.2, -0.15) is 0 Å². The summed E-state index contributed by atoms with van der Waals surface area (Å²) >= 11 is 0. The van der Waals surface area contributed by atoms with Crippen LogP contribution in [0.1, 0.15) is 18.9 Å². The van der Waals surface area contributed by atoms with Gasteiger partial charge in [-0.1, -0.05) is 12.1 Å². The number of primary amides is 1. The summed E-state index contributed by atoms with van der Waals surface area (Å²) in [5, 5.41) is 3.31. The van der Waals surface area contributed by atoms with Crippen molar-refractivity contribution in [2.24, 2.45) is 5.73 Å². The van der Waals surface area contributed by atoms with Crippen LogP contribution in [0.5, 0.6) is 11.5 Å². The predicted octanol–water partition coefficient (Wildman–Crippen LogP) is 1.50. The van der Waals surface area contributed by atoms with Crippen LogP contribution in [0.3, 0.4) is 0 Å². The van der Waals surface area contributed by atoms with Crippen molar-refractivity contribution in [3.05, 3.63) is 23.8 Å². The molecule has 7 heteroatoms. The van der Waals surface area contributed by atoms with E-state index in [0.29, 0.717) is 18.0 Å². The number of benzene rings is 1. The van der Waals surface area contributed by atoms with Crippen LogP contribution >= 0.6 is 12.4 Å². The molecule has 0 aromatic heterocycles. The SMILES string of the molecule is CCOCCCNCc1cccc(OC)c1OCC(N)=O.Cl. The predicted molar refractivity (Wildman–Crippen MR) is 87.7 cm³/mol. The summed E-state index contributed by atoms with van der Waals surface area (Å²) in [4.78, 5) is 10.9. The van der Waals surface area contributed by atoms with Crippen molar-refractivity contribution in [3.63, 3.8) is 0 Å². The van der Waals surface area contributed by atoms with Crippen molar-refractivity contribution >= 4 is 18.3 Å². The Balaban J connectivity index is 0.00000441. The molecule has 0 saturated carbocycles. The third kappa shape index (κ3) is 7.49. The third-order valence-electron chi connectivity index (χ3n) is 2.80. The Morgan fingerprint density at radius 3 is 2.77 bits per heavy atom. The van der Waals surface area contributed by atoms with E-state index in [1.165, 1.54) is 0 Å². The molecule has 1 amide bonds. The Hall–Kier alpha value is -1.50. The van der Waals surface area contributed by atoms with Gasteiger partial charge in [-0.15, -0.1) is 12.4 Å². The van der Waals surface area contributed by atoms with Gasteiger partial charge in [0.25, 0.3) is 5.91 Å². The molecular formula is C15H25ClN2O4. The molecule has 0 unspecified atom stereocenters. The number of halogens is 1. The lowest BCUT2D eigenvalue weighted by Crippen LogP contribution is -2.22. The number of para-hydroxylation sites is 1. The molecule has 3 N–H and O–H groups in total. The number of hydrogen-bond acceptors (Lipinski definition) is 5. The van der Waals surface area contributed by atoms with Gasteiger partial charge >= 0.3 is 0 Å². The highest BCUT2D eigenvalue weighted by atomic mass is 35.5. The number of carbonyl (C=O) groups is 1. The Morgan fingerprint density at radius 1 is 1.36 bits per heavy atom. The second kappa shape index (κ2) is 12.1. The zero-order valence-electron chi connectivity index (χ0n) is 13.1. The van der Waals surface area contributed by atoms with Gasteiger partial charge < -0.3 is 25.3 Å². The van der Waals surface area contributed by atoms with Crippen LogP contribution in [0.4, 0.5) is 0 Å². The number of hydrogen-bond donors (Lipinski definition) is 2. The smallest absolute Gasteiger partial charge is 0.255 e. The van der Waals surface area contributed by atoms with E-state index in [1.807, 2.05) is 19.1 Å². The van der Waals surface area contributed by atoms with Crippen LogP contribution < -0.4 is 20.5 Å². The highest BCUT2D eigenvalue weighted by Gasteiger charge is 2.11. The Kier molecular flexibility index (Phi) is 11.3. The van der Waals surface area contributed by atoms with Crippen LogP contribution in [-0.4, -0.2) is 39.4 Å². The van der Waals surface area contributed by atoms with E-state index in [9.17, 15) is 4.79 Å². The maximum Gasteiger partial charge on any atom is 0.255 e. The van der Waals surface area contributed by atoms with Gasteiger partial charge in [0.1, 0.15) is 0 Å². The zero-order valence-corrected chi connectivity index (χ0v) is 13.9. The van der Waals surface area contributed by atoms with Gasteiger partial charge in [-0.3, -0.25) is 4.79 Å². The van der Waals surface area contributed by atoms with Crippen molar-refractivity contribution in [2.75, 3.05) is 33.5 Å².